The summed E-state index contributed by atoms with van der Waals surface area (Å²) in [5.41, 5.74) is 1.23. The third-order valence-corrected chi connectivity index (χ3v) is 3.84. The molecule has 2 aromatic rings. The van der Waals surface area contributed by atoms with Gasteiger partial charge in [-0.1, -0.05) is 43.3 Å². The monoisotopic (exact) mass is 441 g/mol. The van der Waals surface area contributed by atoms with Crippen molar-refractivity contribution in [3.05, 3.63) is 48.0 Å². The van der Waals surface area contributed by atoms with E-state index in [2.05, 4.69) is 65.0 Å². The van der Waals surface area contributed by atoms with Gasteiger partial charge in [0.2, 0.25) is 0 Å². The average Bonchev–Trinajstić information content (AvgIpc) is 2.59. The van der Waals surface area contributed by atoms with Crippen molar-refractivity contribution in [2.24, 2.45) is 10.9 Å². The van der Waals surface area contributed by atoms with E-state index in [9.17, 15) is 0 Å². The molecule has 4 nitrogen and oxygen atoms in total. The van der Waals surface area contributed by atoms with E-state index < -0.39 is 0 Å². The molecule has 0 saturated carbocycles. The smallest absolute Gasteiger partial charge is 0.191 e. The Kier molecular flexibility index (Phi) is 9.07. The van der Waals surface area contributed by atoms with Crippen LogP contribution in [0.25, 0.3) is 10.8 Å². The fraction of sp³-hybridized carbons (Fsp3) is 0.421. The number of nitrogens with one attached hydrogen (secondary N) is 2. The summed E-state index contributed by atoms with van der Waals surface area (Å²) in [6.07, 6.45) is 0. The number of aliphatic hydroxyl groups is 1. The molecule has 0 aliphatic carbocycles. The van der Waals surface area contributed by atoms with Gasteiger partial charge in [0, 0.05) is 19.7 Å². The van der Waals surface area contributed by atoms with E-state index in [4.69, 9.17) is 5.11 Å². The molecule has 0 bridgehead atoms. The third kappa shape index (κ3) is 5.94. The topological polar surface area (TPSA) is 56.7 Å². The van der Waals surface area contributed by atoms with Crippen molar-refractivity contribution >= 4 is 40.7 Å². The van der Waals surface area contributed by atoms with Crippen LogP contribution in [0.5, 0.6) is 0 Å². The van der Waals surface area contributed by atoms with E-state index in [1.54, 1.807) is 0 Å². The third-order valence-electron chi connectivity index (χ3n) is 3.84. The normalized spacial score (nSPS) is 13.9. The summed E-state index contributed by atoms with van der Waals surface area (Å²) in [4.78, 5) is 4.55. The van der Waals surface area contributed by atoms with Crippen molar-refractivity contribution in [2.75, 3.05) is 19.7 Å². The molecule has 2 atom stereocenters. The van der Waals surface area contributed by atoms with Crippen LogP contribution >= 0.6 is 24.0 Å². The molecule has 0 saturated heterocycles. The predicted octanol–water partition coefficient (Wildman–Crippen LogP) is 3.70. The number of halogens is 1. The van der Waals surface area contributed by atoms with E-state index in [0.717, 1.165) is 12.5 Å². The Labute approximate surface area is 161 Å². The molecule has 2 unspecified atom stereocenters. The highest BCUT2D eigenvalue weighted by Crippen LogP contribution is 2.20. The summed E-state index contributed by atoms with van der Waals surface area (Å²) in [5, 5.41) is 18.3. The standard InChI is InChI=1S/C19H27N3O.HI/c1-4-20-19(21-12-14(2)13-23)22-15(3)17-10-9-16-7-5-6-8-18(16)11-17;/h5-11,14-15,23H,4,12-13H2,1-3H3,(H2,20,21,22);1H. The van der Waals surface area contributed by atoms with E-state index >= 15 is 0 Å². The van der Waals surface area contributed by atoms with Gasteiger partial charge < -0.3 is 15.7 Å². The van der Waals surface area contributed by atoms with Gasteiger partial charge in [-0.25, -0.2) is 0 Å². The molecule has 5 heteroatoms. The highest BCUT2D eigenvalue weighted by atomic mass is 127. The van der Waals surface area contributed by atoms with E-state index in [1.165, 1.54) is 16.3 Å². The second kappa shape index (κ2) is 10.5. The molecular weight excluding hydrogens is 413 g/mol. The molecule has 0 fully saturated rings. The fourth-order valence-electron chi connectivity index (χ4n) is 2.39. The van der Waals surface area contributed by atoms with Gasteiger partial charge in [-0.05, 0) is 42.2 Å². The van der Waals surface area contributed by atoms with Crippen LogP contribution in [0.1, 0.15) is 32.4 Å². The minimum absolute atomic E-state index is 0. The second-order valence-corrected chi connectivity index (χ2v) is 5.98. The number of hydrogen-bond acceptors (Lipinski definition) is 2. The number of hydrogen-bond donors (Lipinski definition) is 3. The Morgan fingerprint density at radius 1 is 1.12 bits per heavy atom. The van der Waals surface area contributed by atoms with Gasteiger partial charge in [0.25, 0.3) is 0 Å². The van der Waals surface area contributed by atoms with E-state index in [-0.39, 0.29) is 42.5 Å². The van der Waals surface area contributed by atoms with Crippen LogP contribution in [0.3, 0.4) is 0 Å². The maximum Gasteiger partial charge on any atom is 0.191 e. The van der Waals surface area contributed by atoms with Crippen LogP contribution in [0, 0.1) is 5.92 Å². The number of guanidine groups is 1. The lowest BCUT2D eigenvalue weighted by atomic mass is 10.0. The largest absolute Gasteiger partial charge is 0.396 e. The first kappa shape index (κ1) is 20.7. The maximum atomic E-state index is 9.13. The van der Waals surface area contributed by atoms with Gasteiger partial charge in [-0.3, -0.25) is 4.99 Å². The molecular formula is C19H28IN3O. The molecule has 0 aliphatic rings. The maximum absolute atomic E-state index is 9.13. The van der Waals surface area contributed by atoms with Gasteiger partial charge >= 0.3 is 0 Å². The lowest BCUT2D eigenvalue weighted by Crippen LogP contribution is -2.39. The van der Waals surface area contributed by atoms with Crippen LogP contribution in [0.4, 0.5) is 0 Å². The highest BCUT2D eigenvalue weighted by Gasteiger charge is 2.09. The Morgan fingerprint density at radius 3 is 2.50 bits per heavy atom. The summed E-state index contributed by atoms with van der Waals surface area (Å²) < 4.78 is 0. The molecule has 3 N–H and O–H groups in total. The SMILES string of the molecule is CCNC(=NCC(C)CO)NC(C)c1ccc2ccccc2c1.I. The average molecular weight is 441 g/mol. The zero-order valence-electron chi connectivity index (χ0n) is 14.6. The van der Waals surface area contributed by atoms with Crippen molar-refractivity contribution < 1.29 is 5.11 Å². The number of aliphatic imine (C=N–C) groups is 1. The Balaban J connectivity index is 0.00000288. The first-order chi connectivity index (χ1) is 11.1. The van der Waals surface area contributed by atoms with Crippen molar-refractivity contribution in [1.29, 1.82) is 0 Å². The highest BCUT2D eigenvalue weighted by molar-refractivity contribution is 14.0. The van der Waals surface area contributed by atoms with Crippen LogP contribution < -0.4 is 10.6 Å². The van der Waals surface area contributed by atoms with Gasteiger partial charge in [0.1, 0.15) is 0 Å². The van der Waals surface area contributed by atoms with E-state index in [1.807, 2.05) is 13.8 Å². The number of rotatable bonds is 6. The van der Waals surface area contributed by atoms with Crippen LogP contribution in [0.15, 0.2) is 47.5 Å². The lowest BCUT2D eigenvalue weighted by molar-refractivity contribution is 0.241. The molecule has 0 spiro atoms. The summed E-state index contributed by atoms with van der Waals surface area (Å²) in [7, 11) is 0. The van der Waals surface area contributed by atoms with Gasteiger partial charge in [0.15, 0.2) is 5.96 Å². The van der Waals surface area contributed by atoms with Crippen molar-refractivity contribution in [3.63, 3.8) is 0 Å². The Hall–Kier alpha value is -1.34. The molecule has 0 aliphatic heterocycles. The summed E-state index contributed by atoms with van der Waals surface area (Å²) in [5.74, 6) is 0.954. The van der Waals surface area contributed by atoms with Gasteiger partial charge in [-0.2, -0.15) is 0 Å². The molecule has 2 aromatic carbocycles. The molecule has 0 amide bonds. The second-order valence-electron chi connectivity index (χ2n) is 5.98. The van der Waals surface area contributed by atoms with Crippen LogP contribution in [0.2, 0.25) is 0 Å². The molecule has 2 rings (SSSR count). The molecule has 0 heterocycles. The minimum atomic E-state index is 0. The van der Waals surface area contributed by atoms with Crippen molar-refractivity contribution in [3.8, 4) is 0 Å². The summed E-state index contributed by atoms with van der Waals surface area (Å²) in [6.45, 7) is 7.74. The zero-order valence-corrected chi connectivity index (χ0v) is 17.0. The molecule has 0 aromatic heterocycles. The van der Waals surface area contributed by atoms with E-state index in [0.29, 0.717) is 6.54 Å². The number of benzene rings is 2. The first-order valence-electron chi connectivity index (χ1n) is 8.28. The van der Waals surface area contributed by atoms with Gasteiger partial charge in [-0.15, -0.1) is 24.0 Å². The number of nitrogens with zero attached hydrogens (tertiary/aromatic N) is 1. The number of fused-ring (bicyclic) bond motifs is 1. The summed E-state index contributed by atoms with van der Waals surface area (Å²) >= 11 is 0. The van der Waals surface area contributed by atoms with Gasteiger partial charge in [0.05, 0.1) is 6.04 Å². The molecule has 0 radical (unpaired) electrons. The lowest BCUT2D eigenvalue weighted by Gasteiger charge is -2.19. The van der Waals surface area contributed by atoms with Crippen LogP contribution in [-0.2, 0) is 0 Å². The predicted molar refractivity (Wildman–Crippen MR) is 113 cm³/mol. The van der Waals surface area contributed by atoms with Crippen molar-refractivity contribution in [2.45, 2.75) is 26.8 Å². The fourth-order valence-corrected chi connectivity index (χ4v) is 2.39. The quantitative estimate of drug-likeness (QED) is 0.364. The molecule has 24 heavy (non-hydrogen) atoms. The zero-order chi connectivity index (χ0) is 16.7. The van der Waals surface area contributed by atoms with Crippen molar-refractivity contribution in [1.82, 2.24) is 10.6 Å². The molecule has 132 valence electrons. The Bertz CT molecular complexity index is 660. The Morgan fingerprint density at radius 2 is 1.83 bits per heavy atom. The summed E-state index contributed by atoms with van der Waals surface area (Å²) in [6, 6.07) is 15.1. The first-order valence-corrected chi connectivity index (χ1v) is 8.28. The minimum Gasteiger partial charge on any atom is -0.396 e. The van der Waals surface area contributed by atoms with Crippen LogP contribution in [-0.4, -0.2) is 30.8 Å². The number of aliphatic hydroxyl groups excluding tert-OH is 1.